The highest BCUT2D eigenvalue weighted by Gasteiger charge is 2.28. The van der Waals surface area contributed by atoms with Gasteiger partial charge in [-0.3, -0.25) is 0 Å². The number of halogens is 1. The maximum atomic E-state index is 11.2. The molecule has 0 aliphatic heterocycles. The molecule has 4 nitrogen and oxygen atoms in total. The number of oxazole rings is 1. The second-order valence-corrected chi connectivity index (χ2v) is 6.99. The van der Waals surface area contributed by atoms with Gasteiger partial charge in [-0.15, -0.1) is 0 Å². The van der Waals surface area contributed by atoms with Gasteiger partial charge in [0.05, 0.1) is 16.5 Å². The lowest BCUT2D eigenvalue weighted by Crippen LogP contribution is -2.19. The van der Waals surface area contributed by atoms with Crippen molar-refractivity contribution in [2.45, 2.75) is 24.2 Å². The number of benzene rings is 1. The first kappa shape index (κ1) is 13.1. The fourth-order valence-electron chi connectivity index (χ4n) is 1.69. The first-order valence-corrected chi connectivity index (χ1v) is 7.58. The summed E-state index contributed by atoms with van der Waals surface area (Å²) < 4.78 is 27.6. The number of nitrogens with zero attached hydrogens (tertiary/aromatic N) is 1. The lowest BCUT2D eigenvalue weighted by atomic mass is 9.84. The number of rotatable bonds is 3. The van der Waals surface area contributed by atoms with Crippen LogP contribution in [-0.2, 0) is 14.5 Å². The van der Waals surface area contributed by atoms with Gasteiger partial charge in [-0.2, -0.15) is 0 Å². The van der Waals surface area contributed by atoms with E-state index in [1.807, 2.05) is 13.8 Å². The molecule has 0 bridgehead atoms. The van der Waals surface area contributed by atoms with Crippen LogP contribution >= 0.6 is 10.7 Å². The Kier molecular flexibility index (Phi) is 3.21. The van der Waals surface area contributed by atoms with E-state index in [0.29, 0.717) is 5.89 Å². The third kappa shape index (κ3) is 2.42. The van der Waals surface area contributed by atoms with E-state index in [0.717, 1.165) is 5.56 Å². The van der Waals surface area contributed by atoms with Gasteiger partial charge in [-0.05, 0) is 31.5 Å². The Bertz CT molecular complexity index is 630. The average molecular weight is 286 g/mol. The van der Waals surface area contributed by atoms with Crippen molar-refractivity contribution >= 4 is 19.7 Å². The van der Waals surface area contributed by atoms with Gasteiger partial charge in [-0.25, -0.2) is 13.4 Å². The summed E-state index contributed by atoms with van der Waals surface area (Å²) in [4.78, 5) is 4.20. The fraction of sp³-hybridized carbons (Fsp3) is 0.250. The van der Waals surface area contributed by atoms with Crippen LogP contribution in [-0.4, -0.2) is 13.4 Å². The Morgan fingerprint density at radius 1 is 1.22 bits per heavy atom. The van der Waals surface area contributed by atoms with Crippen LogP contribution in [0.5, 0.6) is 0 Å². The Hall–Kier alpha value is -1.33. The number of hydrogen-bond acceptors (Lipinski definition) is 4. The minimum absolute atomic E-state index is 0.0797. The molecule has 0 unspecified atom stereocenters. The zero-order chi connectivity index (χ0) is 13.4. The van der Waals surface area contributed by atoms with Crippen molar-refractivity contribution in [3.63, 3.8) is 0 Å². The summed E-state index contributed by atoms with van der Waals surface area (Å²) in [6.45, 7) is 3.89. The van der Waals surface area contributed by atoms with E-state index in [9.17, 15) is 8.42 Å². The molecule has 6 heteroatoms. The summed E-state index contributed by atoms with van der Waals surface area (Å²) in [7, 11) is 1.58. The topological polar surface area (TPSA) is 60.2 Å². The lowest BCUT2D eigenvalue weighted by molar-refractivity contribution is 0.412. The number of hydrogen-bond donors (Lipinski definition) is 0. The summed E-state index contributed by atoms with van der Waals surface area (Å²) >= 11 is 0. The predicted octanol–water partition coefficient (Wildman–Crippen LogP) is 2.93. The van der Waals surface area contributed by atoms with Gasteiger partial charge in [0.2, 0.25) is 5.89 Å². The van der Waals surface area contributed by atoms with Crippen LogP contribution in [0, 0.1) is 0 Å². The summed E-state index contributed by atoms with van der Waals surface area (Å²) in [5.74, 6) is 0.573. The SMILES string of the molecule is CC(C)(c1ccc(S(=O)(=O)Cl)cc1)c1ncco1. The third-order valence-electron chi connectivity index (χ3n) is 2.82. The molecule has 0 aliphatic carbocycles. The van der Waals surface area contributed by atoms with Crippen LogP contribution in [0.4, 0.5) is 0 Å². The summed E-state index contributed by atoms with van der Waals surface area (Å²) in [6.07, 6.45) is 3.09. The number of aromatic nitrogens is 1. The highest BCUT2D eigenvalue weighted by atomic mass is 35.7. The molecule has 0 spiro atoms. The van der Waals surface area contributed by atoms with Crippen molar-refractivity contribution in [3.05, 3.63) is 48.2 Å². The lowest BCUT2D eigenvalue weighted by Gasteiger charge is -2.21. The molecule has 0 N–H and O–H groups in total. The van der Waals surface area contributed by atoms with Crippen molar-refractivity contribution in [1.82, 2.24) is 4.98 Å². The van der Waals surface area contributed by atoms with Gasteiger partial charge in [-0.1, -0.05) is 12.1 Å². The molecule has 1 aromatic heterocycles. The van der Waals surface area contributed by atoms with Gasteiger partial charge < -0.3 is 4.42 Å². The van der Waals surface area contributed by atoms with Crippen molar-refractivity contribution in [3.8, 4) is 0 Å². The monoisotopic (exact) mass is 285 g/mol. The summed E-state index contributed by atoms with van der Waals surface area (Å²) in [6, 6.07) is 6.36. The zero-order valence-electron chi connectivity index (χ0n) is 9.92. The fourth-order valence-corrected chi connectivity index (χ4v) is 2.46. The van der Waals surface area contributed by atoms with Gasteiger partial charge in [0.1, 0.15) is 6.26 Å². The molecule has 1 heterocycles. The Balaban J connectivity index is 2.42. The summed E-state index contributed by atoms with van der Waals surface area (Å²) in [5, 5.41) is 0. The van der Waals surface area contributed by atoms with Crippen LogP contribution in [0.1, 0.15) is 25.3 Å². The Labute approximate surface area is 110 Å². The van der Waals surface area contributed by atoms with E-state index in [2.05, 4.69) is 4.98 Å². The van der Waals surface area contributed by atoms with Crippen LogP contribution in [0.15, 0.2) is 46.0 Å². The molecule has 18 heavy (non-hydrogen) atoms. The van der Waals surface area contributed by atoms with Gasteiger partial charge >= 0.3 is 0 Å². The molecule has 0 amide bonds. The van der Waals surface area contributed by atoms with Crippen LogP contribution in [0.25, 0.3) is 0 Å². The molecule has 0 saturated carbocycles. The second kappa shape index (κ2) is 4.40. The Morgan fingerprint density at radius 2 is 1.83 bits per heavy atom. The maximum Gasteiger partial charge on any atom is 0.261 e. The van der Waals surface area contributed by atoms with Crippen LogP contribution < -0.4 is 0 Å². The molecule has 1 aromatic carbocycles. The van der Waals surface area contributed by atoms with Crippen molar-refractivity contribution in [1.29, 1.82) is 0 Å². The molecule has 0 saturated heterocycles. The molecular formula is C12H12ClNO3S. The first-order chi connectivity index (χ1) is 8.32. The van der Waals surface area contributed by atoms with E-state index in [-0.39, 0.29) is 4.90 Å². The van der Waals surface area contributed by atoms with E-state index in [1.54, 1.807) is 18.3 Å². The minimum atomic E-state index is -3.69. The molecule has 0 aliphatic rings. The molecule has 2 rings (SSSR count). The van der Waals surface area contributed by atoms with E-state index in [4.69, 9.17) is 15.1 Å². The first-order valence-electron chi connectivity index (χ1n) is 5.27. The smallest absolute Gasteiger partial charge is 0.261 e. The Morgan fingerprint density at radius 3 is 2.28 bits per heavy atom. The maximum absolute atomic E-state index is 11.2. The predicted molar refractivity (Wildman–Crippen MR) is 68.1 cm³/mol. The van der Waals surface area contributed by atoms with Crippen LogP contribution in [0.3, 0.4) is 0 Å². The van der Waals surface area contributed by atoms with E-state index in [1.165, 1.54) is 18.4 Å². The minimum Gasteiger partial charge on any atom is -0.448 e. The van der Waals surface area contributed by atoms with E-state index < -0.39 is 14.5 Å². The largest absolute Gasteiger partial charge is 0.448 e. The van der Waals surface area contributed by atoms with Crippen molar-refractivity contribution in [2.75, 3.05) is 0 Å². The average Bonchev–Trinajstić information content (AvgIpc) is 2.82. The van der Waals surface area contributed by atoms with Crippen molar-refractivity contribution in [2.24, 2.45) is 0 Å². The van der Waals surface area contributed by atoms with Crippen molar-refractivity contribution < 1.29 is 12.8 Å². The molecule has 0 radical (unpaired) electrons. The second-order valence-electron chi connectivity index (χ2n) is 4.42. The summed E-state index contributed by atoms with van der Waals surface area (Å²) in [5.41, 5.74) is 0.465. The standard InChI is InChI=1S/C12H12ClNO3S/c1-12(2,11-14-7-8-17-11)9-3-5-10(6-4-9)18(13,15)16/h3-8H,1-2H3. The van der Waals surface area contributed by atoms with Gasteiger partial charge in [0.15, 0.2) is 0 Å². The quantitative estimate of drug-likeness (QED) is 0.814. The molecule has 96 valence electrons. The zero-order valence-corrected chi connectivity index (χ0v) is 11.5. The van der Waals surface area contributed by atoms with E-state index >= 15 is 0 Å². The molecule has 0 atom stereocenters. The van der Waals surface area contributed by atoms with Gasteiger partial charge in [0, 0.05) is 10.7 Å². The third-order valence-corrected chi connectivity index (χ3v) is 4.19. The normalized spacial score (nSPS) is 12.6. The molecular weight excluding hydrogens is 274 g/mol. The van der Waals surface area contributed by atoms with Gasteiger partial charge in [0.25, 0.3) is 9.05 Å². The highest BCUT2D eigenvalue weighted by molar-refractivity contribution is 8.13. The molecule has 0 fully saturated rings. The highest BCUT2D eigenvalue weighted by Crippen LogP contribution is 2.31. The molecule has 2 aromatic rings. The van der Waals surface area contributed by atoms with Crippen LogP contribution in [0.2, 0.25) is 0 Å².